The standard InChI is InChI=1S/C14H23NO4/c1-5-6-10(12(17)18)8-15-11(16)7-14(4,9(2)3)13(15)19/h9-10H,5-8H2,1-4H3,(H,17,18). The van der Waals surface area contributed by atoms with E-state index in [1.54, 1.807) is 6.92 Å². The first kappa shape index (κ1) is 15.7. The molecule has 1 aliphatic heterocycles. The average Bonchev–Trinajstić information content (AvgIpc) is 2.52. The van der Waals surface area contributed by atoms with Crippen molar-refractivity contribution in [1.82, 2.24) is 4.90 Å². The molecule has 1 heterocycles. The third-order valence-corrected chi connectivity index (χ3v) is 4.22. The van der Waals surface area contributed by atoms with E-state index in [1.807, 2.05) is 20.8 Å². The molecule has 0 aromatic heterocycles. The fourth-order valence-corrected chi connectivity index (χ4v) is 2.40. The maximum absolute atomic E-state index is 12.4. The minimum Gasteiger partial charge on any atom is -0.481 e. The van der Waals surface area contributed by atoms with E-state index >= 15 is 0 Å². The zero-order chi connectivity index (χ0) is 14.8. The predicted octanol–water partition coefficient (Wildman–Crippen LogP) is 1.91. The summed E-state index contributed by atoms with van der Waals surface area (Å²) in [7, 11) is 0. The van der Waals surface area contributed by atoms with E-state index in [0.29, 0.717) is 12.8 Å². The number of aliphatic carboxylic acids is 1. The lowest BCUT2D eigenvalue weighted by Gasteiger charge is -2.27. The number of hydrogen-bond acceptors (Lipinski definition) is 3. The Balaban J connectivity index is 2.87. The highest BCUT2D eigenvalue weighted by Crippen LogP contribution is 2.39. The molecular formula is C14H23NO4. The van der Waals surface area contributed by atoms with E-state index in [1.165, 1.54) is 0 Å². The van der Waals surface area contributed by atoms with Crippen LogP contribution in [0.1, 0.15) is 47.0 Å². The Hall–Kier alpha value is -1.39. The van der Waals surface area contributed by atoms with Crippen LogP contribution in [0.25, 0.3) is 0 Å². The molecule has 1 saturated heterocycles. The van der Waals surface area contributed by atoms with E-state index in [9.17, 15) is 14.4 Å². The number of carboxylic acids is 1. The van der Waals surface area contributed by atoms with Gasteiger partial charge in [0, 0.05) is 13.0 Å². The molecule has 1 fully saturated rings. The van der Waals surface area contributed by atoms with Gasteiger partial charge in [-0.15, -0.1) is 0 Å². The van der Waals surface area contributed by atoms with Gasteiger partial charge in [-0.3, -0.25) is 19.3 Å². The summed E-state index contributed by atoms with van der Waals surface area (Å²) in [5, 5.41) is 9.13. The molecule has 0 aromatic carbocycles. The van der Waals surface area contributed by atoms with Gasteiger partial charge < -0.3 is 5.11 Å². The first-order valence-electron chi connectivity index (χ1n) is 6.81. The van der Waals surface area contributed by atoms with Crippen molar-refractivity contribution in [2.45, 2.75) is 47.0 Å². The molecule has 108 valence electrons. The second kappa shape index (κ2) is 5.72. The molecule has 0 aromatic rings. The smallest absolute Gasteiger partial charge is 0.308 e. The molecule has 2 amide bonds. The monoisotopic (exact) mass is 269 g/mol. The van der Waals surface area contributed by atoms with Gasteiger partial charge >= 0.3 is 5.97 Å². The van der Waals surface area contributed by atoms with Gasteiger partial charge in [-0.05, 0) is 19.3 Å². The molecule has 1 rings (SSSR count). The molecule has 1 N–H and O–H groups in total. The Kier molecular flexibility index (Phi) is 4.71. The molecule has 1 aliphatic rings. The Morgan fingerprint density at radius 1 is 1.42 bits per heavy atom. The second-order valence-corrected chi connectivity index (χ2v) is 5.88. The molecule has 0 aliphatic carbocycles. The van der Waals surface area contributed by atoms with Gasteiger partial charge in [-0.1, -0.05) is 27.2 Å². The number of imide groups is 1. The van der Waals surface area contributed by atoms with Crippen LogP contribution in [-0.4, -0.2) is 34.3 Å². The summed E-state index contributed by atoms with van der Waals surface area (Å²) >= 11 is 0. The highest BCUT2D eigenvalue weighted by molar-refractivity contribution is 6.06. The lowest BCUT2D eigenvalue weighted by molar-refractivity contribution is -0.147. The van der Waals surface area contributed by atoms with Crippen LogP contribution in [0.15, 0.2) is 0 Å². The van der Waals surface area contributed by atoms with Crippen molar-refractivity contribution in [3.8, 4) is 0 Å². The molecule has 5 nitrogen and oxygen atoms in total. The molecule has 19 heavy (non-hydrogen) atoms. The van der Waals surface area contributed by atoms with Crippen molar-refractivity contribution in [3.63, 3.8) is 0 Å². The maximum atomic E-state index is 12.4. The zero-order valence-electron chi connectivity index (χ0n) is 12.1. The number of carbonyl (C=O) groups excluding carboxylic acids is 2. The third-order valence-electron chi connectivity index (χ3n) is 4.22. The molecule has 0 spiro atoms. The minimum atomic E-state index is -0.944. The summed E-state index contributed by atoms with van der Waals surface area (Å²) in [6.45, 7) is 7.50. The first-order valence-corrected chi connectivity index (χ1v) is 6.81. The van der Waals surface area contributed by atoms with Crippen molar-refractivity contribution in [1.29, 1.82) is 0 Å². The van der Waals surface area contributed by atoms with Crippen molar-refractivity contribution < 1.29 is 19.5 Å². The topological polar surface area (TPSA) is 74.7 Å². The van der Waals surface area contributed by atoms with Gasteiger partial charge in [0.1, 0.15) is 0 Å². The van der Waals surface area contributed by atoms with Crippen molar-refractivity contribution in [2.75, 3.05) is 6.54 Å². The van der Waals surface area contributed by atoms with E-state index in [0.717, 1.165) is 4.90 Å². The van der Waals surface area contributed by atoms with Gasteiger partial charge in [0.2, 0.25) is 11.8 Å². The molecular weight excluding hydrogens is 246 g/mol. The summed E-state index contributed by atoms with van der Waals surface area (Å²) in [4.78, 5) is 36.6. The van der Waals surface area contributed by atoms with Crippen LogP contribution in [-0.2, 0) is 14.4 Å². The van der Waals surface area contributed by atoms with Crippen molar-refractivity contribution in [2.24, 2.45) is 17.3 Å². The number of carboxylic acid groups (broad SMARTS) is 1. The van der Waals surface area contributed by atoms with Crippen LogP contribution in [0.5, 0.6) is 0 Å². The Morgan fingerprint density at radius 3 is 2.37 bits per heavy atom. The number of amides is 2. The minimum absolute atomic E-state index is 0.00312. The summed E-state index contributed by atoms with van der Waals surface area (Å²) in [6, 6.07) is 0. The first-order chi connectivity index (χ1) is 8.74. The Labute approximate surface area is 114 Å². The fraction of sp³-hybridized carbons (Fsp3) is 0.786. The van der Waals surface area contributed by atoms with Gasteiger partial charge in [0.05, 0.1) is 11.3 Å². The molecule has 2 unspecified atom stereocenters. The summed E-state index contributed by atoms with van der Waals surface area (Å²) in [5.41, 5.74) is -0.688. The summed E-state index contributed by atoms with van der Waals surface area (Å²) in [6.07, 6.45) is 1.38. The normalized spacial score (nSPS) is 25.2. The predicted molar refractivity (Wildman–Crippen MR) is 70.3 cm³/mol. The number of carbonyl (C=O) groups is 3. The Bertz CT molecular complexity index is 391. The van der Waals surface area contributed by atoms with Crippen LogP contribution in [0.4, 0.5) is 0 Å². The lowest BCUT2D eigenvalue weighted by Crippen LogP contribution is -2.41. The van der Waals surface area contributed by atoms with Crippen LogP contribution in [0, 0.1) is 17.3 Å². The van der Waals surface area contributed by atoms with Crippen LogP contribution in [0.2, 0.25) is 0 Å². The molecule has 5 heteroatoms. The van der Waals surface area contributed by atoms with Crippen LogP contribution >= 0.6 is 0 Å². The SMILES string of the molecule is CCCC(CN1C(=O)CC(C)(C(C)C)C1=O)C(=O)O. The third kappa shape index (κ3) is 2.96. The van der Waals surface area contributed by atoms with Gasteiger partial charge in [0.25, 0.3) is 0 Å². The molecule has 2 atom stereocenters. The summed E-state index contributed by atoms with van der Waals surface area (Å²) < 4.78 is 0. The fourth-order valence-electron chi connectivity index (χ4n) is 2.40. The lowest BCUT2D eigenvalue weighted by atomic mass is 9.78. The van der Waals surface area contributed by atoms with Gasteiger partial charge in [0.15, 0.2) is 0 Å². The van der Waals surface area contributed by atoms with E-state index in [2.05, 4.69) is 0 Å². The average molecular weight is 269 g/mol. The van der Waals surface area contributed by atoms with Crippen molar-refractivity contribution in [3.05, 3.63) is 0 Å². The number of hydrogen-bond donors (Lipinski definition) is 1. The largest absolute Gasteiger partial charge is 0.481 e. The molecule has 0 bridgehead atoms. The van der Waals surface area contributed by atoms with E-state index in [-0.39, 0.29) is 30.7 Å². The van der Waals surface area contributed by atoms with Gasteiger partial charge in [-0.2, -0.15) is 0 Å². The zero-order valence-corrected chi connectivity index (χ0v) is 12.1. The Morgan fingerprint density at radius 2 is 2.00 bits per heavy atom. The second-order valence-electron chi connectivity index (χ2n) is 5.88. The van der Waals surface area contributed by atoms with E-state index < -0.39 is 17.3 Å². The summed E-state index contributed by atoms with van der Waals surface area (Å²) in [5.74, 6) is -2.02. The van der Waals surface area contributed by atoms with Crippen LogP contribution < -0.4 is 0 Å². The highest BCUT2D eigenvalue weighted by Gasteiger charge is 2.50. The van der Waals surface area contributed by atoms with Gasteiger partial charge in [-0.25, -0.2) is 0 Å². The molecule has 0 radical (unpaired) electrons. The number of nitrogens with zero attached hydrogens (tertiary/aromatic N) is 1. The highest BCUT2D eigenvalue weighted by atomic mass is 16.4. The molecule has 0 saturated carbocycles. The van der Waals surface area contributed by atoms with Crippen molar-refractivity contribution >= 4 is 17.8 Å². The van der Waals surface area contributed by atoms with Crippen LogP contribution in [0.3, 0.4) is 0 Å². The number of likely N-dealkylation sites (tertiary alicyclic amines) is 1. The quantitative estimate of drug-likeness (QED) is 0.747. The number of rotatable bonds is 6. The maximum Gasteiger partial charge on any atom is 0.308 e. The van der Waals surface area contributed by atoms with E-state index in [4.69, 9.17) is 5.11 Å².